The summed E-state index contributed by atoms with van der Waals surface area (Å²) in [5.74, 6) is 1.32. The minimum atomic E-state index is -1.35. The van der Waals surface area contributed by atoms with E-state index in [0.717, 1.165) is 55.9 Å². The number of aryl methyl sites for hydroxylation is 1. The monoisotopic (exact) mass is 877 g/mol. The Balaban J connectivity index is 0.000000182. The Morgan fingerprint density at radius 1 is 0.769 bits per heavy atom. The van der Waals surface area contributed by atoms with E-state index in [0.29, 0.717) is 5.92 Å². The molecule has 1 fully saturated rings. The molecule has 1 aliphatic carbocycles. The van der Waals surface area contributed by atoms with Gasteiger partial charge in [-0.15, -0.1) is 54.1 Å². The van der Waals surface area contributed by atoms with Crippen LogP contribution >= 0.6 is 0 Å². The summed E-state index contributed by atoms with van der Waals surface area (Å²) in [4.78, 5) is 9.44. The normalized spacial score (nSPS) is 13.3. The number of benzene rings is 4. The molecule has 3 aromatic heterocycles. The number of fused-ring (bicyclic) bond motifs is 3. The predicted molar refractivity (Wildman–Crippen MR) is 217 cm³/mol. The van der Waals surface area contributed by atoms with E-state index in [1.54, 1.807) is 10.8 Å². The smallest absolute Gasteiger partial charge is 0.121 e. The molecule has 0 spiro atoms. The van der Waals surface area contributed by atoms with E-state index in [1.165, 1.54) is 48.8 Å². The number of nitrogens with zero attached hydrogens (tertiary/aromatic N) is 2. The van der Waals surface area contributed by atoms with Gasteiger partial charge in [-0.2, -0.15) is 0 Å². The number of pyridine rings is 2. The first-order chi connectivity index (χ1) is 24.7. The van der Waals surface area contributed by atoms with Crippen LogP contribution in [0.3, 0.4) is 0 Å². The zero-order chi connectivity index (χ0) is 35.5. The SMILES string of the molecule is C[Si](C)(C)c1cnc(-c2[c-]cccc2)cc1CC1CCCC1.Cc1cnc(-c2[c-]ccc3c2oc2cc(-c4ccccc4)ccc23)cc1C(C)C.[Ir]. The number of aromatic nitrogens is 2. The van der Waals surface area contributed by atoms with Crippen molar-refractivity contribution in [2.45, 2.75) is 78.4 Å². The van der Waals surface area contributed by atoms with Crippen LogP contribution in [0.5, 0.6) is 0 Å². The molecule has 0 unspecified atom stereocenters. The van der Waals surface area contributed by atoms with Crippen LogP contribution in [0.1, 0.15) is 62.1 Å². The Morgan fingerprint density at radius 2 is 1.52 bits per heavy atom. The van der Waals surface area contributed by atoms with Crippen molar-refractivity contribution in [2.24, 2.45) is 5.92 Å². The standard InChI is InChI=1S/C27H22NO.C20H26NSi.Ir/c1-17(2)24-15-25(28-16-18(24)3)23-11-7-10-22-21-13-12-20(14-26(21)29-27(22)23)19-8-5-4-6-9-19;1-22(2,3)20-15-21-19(17-11-5-4-6-12-17)14-18(20)13-16-9-7-8-10-16;/h4-10,12-17H,1-3H3;4-6,11,14-16H,7-10,13H2,1-3H3;/q2*-1;. The number of rotatable bonds is 7. The van der Waals surface area contributed by atoms with E-state index < -0.39 is 8.07 Å². The van der Waals surface area contributed by atoms with Gasteiger partial charge in [-0.3, -0.25) is 0 Å². The molecule has 5 heteroatoms. The summed E-state index contributed by atoms with van der Waals surface area (Å²) in [6, 6.07) is 40.2. The topological polar surface area (TPSA) is 38.9 Å². The molecule has 1 aliphatic rings. The Hall–Kier alpha value is -4.15. The molecule has 1 radical (unpaired) electrons. The second kappa shape index (κ2) is 16.2. The molecule has 0 amide bonds. The largest absolute Gasteiger partial charge is 0.501 e. The molecule has 0 atom stereocenters. The summed E-state index contributed by atoms with van der Waals surface area (Å²) in [6.45, 7) is 13.8. The average molecular weight is 877 g/mol. The maximum atomic E-state index is 6.36. The van der Waals surface area contributed by atoms with E-state index in [9.17, 15) is 0 Å². The number of furan rings is 1. The van der Waals surface area contributed by atoms with Crippen LogP contribution in [0.15, 0.2) is 114 Å². The van der Waals surface area contributed by atoms with Gasteiger partial charge in [-0.1, -0.05) is 130 Å². The molecule has 3 heterocycles. The molecule has 7 aromatic rings. The third kappa shape index (κ3) is 8.23. The molecule has 4 aromatic carbocycles. The van der Waals surface area contributed by atoms with Crippen molar-refractivity contribution in [3.63, 3.8) is 0 Å². The predicted octanol–water partition coefficient (Wildman–Crippen LogP) is 12.4. The summed E-state index contributed by atoms with van der Waals surface area (Å²) in [5.41, 5.74) is 12.2. The number of hydrogen-bond acceptors (Lipinski definition) is 3. The third-order valence-electron chi connectivity index (χ3n) is 10.3. The zero-order valence-corrected chi connectivity index (χ0v) is 34.6. The van der Waals surface area contributed by atoms with Gasteiger partial charge < -0.3 is 14.4 Å². The van der Waals surface area contributed by atoms with E-state index >= 15 is 0 Å². The van der Waals surface area contributed by atoms with Gasteiger partial charge in [0, 0.05) is 37.9 Å². The maximum absolute atomic E-state index is 6.36. The first-order valence-electron chi connectivity index (χ1n) is 18.5. The Bertz CT molecular complexity index is 2270. The fourth-order valence-corrected chi connectivity index (χ4v) is 9.20. The first kappa shape index (κ1) is 37.6. The molecule has 1 saturated carbocycles. The van der Waals surface area contributed by atoms with Crippen LogP contribution in [0.2, 0.25) is 19.6 Å². The van der Waals surface area contributed by atoms with Gasteiger partial charge in [0.2, 0.25) is 0 Å². The zero-order valence-electron chi connectivity index (χ0n) is 31.2. The van der Waals surface area contributed by atoms with Crippen LogP contribution in [-0.4, -0.2) is 18.0 Å². The van der Waals surface area contributed by atoms with Crippen LogP contribution in [0.25, 0.3) is 55.6 Å². The molecule has 0 saturated heterocycles. The van der Waals surface area contributed by atoms with Gasteiger partial charge in [0.15, 0.2) is 0 Å². The van der Waals surface area contributed by atoms with Crippen LogP contribution in [-0.2, 0) is 26.5 Å². The van der Waals surface area contributed by atoms with Gasteiger partial charge in [0.25, 0.3) is 0 Å². The average Bonchev–Trinajstić information content (AvgIpc) is 3.80. The quantitative estimate of drug-likeness (QED) is 0.118. The van der Waals surface area contributed by atoms with Crippen molar-refractivity contribution in [3.05, 3.63) is 138 Å². The van der Waals surface area contributed by atoms with Gasteiger partial charge in [-0.25, -0.2) is 0 Å². The fourth-order valence-electron chi connectivity index (χ4n) is 7.61. The molecule has 0 N–H and O–H groups in total. The van der Waals surface area contributed by atoms with Crippen molar-refractivity contribution >= 4 is 35.2 Å². The van der Waals surface area contributed by atoms with Gasteiger partial charge in [0.05, 0.1) is 13.7 Å². The summed E-state index contributed by atoms with van der Waals surface area (Å²) in [7, 11) is -1.35. The van der Waals surface area contributed by atoms with Crippen molar-refractivity contribution in [2.75, 3.05) is 0 Å². The molecule has 0 bridgehead atoms. The summed E-state index contributed by atoms with van der Waals surface area (Å²) >= 11 is 0. The molecular weight excluding hydrogens is 829 g/mol. The van der Waals surface area contributed by atoms with E-state index in [-0.39, 0.29) is 20.1 Å². The summed E-state index contributed by atoms with van der Waals surface area (Å²) in [6.07, 6.45) is 11.0. The molecule has 267 valence electrons. The fraction of sp³-hybridized carbons (Fsp3) is 0.277. The van der Waals surface area contributed by atoms with Gasteiger partial charge >= 0.3 is 0 Å². The van der Waals surface area contributed by atoms with Crippen molar-refractivity contribution in [1.29, 1.82) is 0 Å². The summed E-state index contributed by atoms with van der Waals surface area (Å²) in [5, 5.41) is 3.76. The van der Waals surface area contributed by atoms with E-state index in [1.807, 2.05) is 30.5 Å². The minimum Gasteiger partial charge on any atom is -0.501 e. The minimum absolute atomic E-state index is 0. The molecule has 52 heavy (non-hydrogen) atoms. The van der Waals surface area contributed by atoms with E-state index in [2.05, 4.69) is 137 Å². The van der Waals surface area contributed by atoms with Crippen LogP contribution < -0.4 is 5.19 Å². The molecular formula is C47H48IrN2OSi-2. The second-order valence-corrected chi connectivity index (χ2v) is 20.5. The van der Waals surface area contributed by atoms with Gasteiger partial charge in [-0.05, 0) is 70.1 Å². The van der Waals surface area contributed by atoms with E-state index in [4.69, 9.17) is 9.40 Å². The maximum Gasteiger partial charge on any atom is 0.121 e. The van der Waals surface area contributed by atoms with Crippen LogP contribution in [0, 0.1) is 25.0 Å². The Morgan fingerprint density at radius 3 is 2.23 bits per heavy atom. The second-order valence-electron chi connectivity index (χ2n) is 15.5. The van der Waals surface area contributed by atoms with Crippen molar-refractivity contribution < 1.29 is 24.5 Å². The third-order valence-corrected chi connectivity index (χ3v) is 12.4. The molecule has 8 rings (SSSR count). The number of hydrogen-bond donors (Lipinski definition) is 0. The summed E-state index contributed by atoms with van der Waals surface area (Å²) < 4.78 is 6.36. The molecule has 3 nitrogen and oxygen atoms in total. The van der Waals surface area contributed by atoms with Gasteiger partial charge in [0.1, 0.15) is 5.58 Å². The van der Waals surface area contributed by atoms with Crippen molar-refractivity contribution in [1.82, 2.24) is 9.97 Å². The molecule has 0 aliphatic heterocycles. The Kier molecular flexibility index (Phi) is 11.7. The first-order valence-corrected chi connectivity index (χ1v) is 22.0. The van der Waals surface area contributed by atoms with Crippen LogP contribution in [0.4, 0.5) is 0 Å². The van der Waals surface area contributed by atoms with Crippen molar-refractivity contribution in [3.8, 4) is 33.6 Å². The Labute approximate surface area is 324 Å².